The standard InChI is InChI=1S/C26H18F2O2/c1-15-14-23-21(24(16(15)2)26(30)18-8-12-20(28)13-9-18)4-3-5-22(23)25(29)17-6-10-19(27)11-7-17/h3-14H,1-2H3. The van der Waals surface area contributed by atoms with Gasteiger partial charge in [0.05, 0.1) is 0 Å². The number of rotatable bonds is 4. The number of halogens is 2. The first-order chi connectivity index (χ1) is 14.4. The van der Waals surface area contributed by atoms with E-state index < -0.39 is 11.6 Å². The van der Waals surface area contributed by atoms with Gasteiger partial charge in [0, 0.05) is 22.3 Å². The highest BCUT2D eigenvalue weighted by atomic mass is 19.1. The van der Waals surface area contributed by atoms with Crippen molar-refractivity contribution in [2.24, 2.45) is 0 Å². The van der Waals surface area contributed by atoms with Gasteiger partial charge in [-0.3, -0.25) is 9.59 Å². The van der Waals surface area contributed by atoms with Gasteiger partial charge < -0.3 is 0 Å². The molecule has 0 radical (unpaired) electrons. The Hall–Kier alpha value is -3.66. The highest BCUT2D eigenvalue weighted by Gasteiger charge is 2.20. The van der Waals surface area contributed by atoms with E-state index in [1.54, 1.807) is 18.2 Å². The third kappa shape index (κ3) is 3.41. The van der Waals surface area contributed by atoms with E-state index in [0.717, 1.165) is 11.1 Å². The van der Waals surface area contributed by atoms with Gasteiger partial charge in [-0.2, -0.15) is 0 Å². The Morgan fingerprint density at radius 2 is 1.20 bits per heavy atom. The second kappa shape index (κ2) is 7.64. The summed E-state index contributed by atoms with van der Waals surface area (Å²) in [4.78, 5) is 26.4. The van der Waals surface area contributed by atoms with Crippen LogP contribution in [0.15, 0.2) is 72.8 Å². The molecule has 2 nitrogen and oxygen atoms in total. The lowest BCUT2D eigenvalue weighted by molar-refractivity contribution is 0.103. The van der Waals surface area contributed by atoms with E-state index in [0.29, 0.717) is 33.0 Å². The first-order valence-electron chi connectivity index (χ1n) is 9.50. The molecule has 0 unspecified atom stereocenters. The van der Waals surface area contributed by atoms with Crippen LogP contribution in [-0.4, -0.2) is 11.6 Å². The van der Waals surface area contributed by atoms with Crippen LogP contribution in [0.4, 0.5) is 8.78 Å². The van der Waals surface area contributed by atoms with Gasteiger partial charge >= 0.3 is 0 Å². The summed E-state index contributed by atoms with van der Waals surface area (Å²) >= 11 is 0. The SMILES string of the molecule is Cc1cc2c(C(=O)c3ccc(F)cc3)cccc2c(C(=O)c2ccc(F)cc2)c1C. The van der Waals surface area contributed by atoms with E-state index in [9.17, 15) is 18.4 Å². The van der Waals surface area contributed by atoms with Crippen molar-refractivity contribution < 1.29 is 18.4 Å². The molecule has 0 atom stereocenters. The molecular weight excluding hydrogens is 382 g/mol. The third-order valence-electron chi connectivity index (χ3n) is 5.39. The number of carbonyl (C=O) groups excluding carboxylic acids is 2. The largest absolute Gasteiger partial charge is 0.289 e. The van der Waals surface area contributed by atoms with Crippen LogP contribution in [-0.2, 0) is 0 Å². The summed E-state index contributed by atoms with van der Waals surface area (Å²) in [5, 5.41) is 1.31. The minimum absolute atomic E-state index is 0.229. The molecule has 0 bridgehead atoms. The molecule has 4 heteroatoms. The van der Waals surface area contributed by atoms with E-state index >= 15 is 0 Å². The first kappa shape index (κ1) is 19.6. The van der Waals surface area contributed by atoms with Gasteiger partial charge in [-0.25, -0.2) is 8.78 Å². The molecule has 0 saturated carbocycles. The maximum Gasteiger partial charge on any atom is 0.193 e. The fourth-order valence-corrected chi connectivity index (χ4v) is 3.66. The number of fused-ring (bicyclic) bond motifs is 1. The van der Waals surface area contributed by atoms with E-state index in [1.807, 2.05) is 19.9 Å². The highest BCUT2D eigenvalue weighted by Crippen LogP contribution is 2.31. The predicted molar refractivity (Wildman–Crippen MR) is 113 cm³/mol. The van der Waals surface area contributed by atoms with Gasteiger partial charge in [-0.05, 0) is 84.3 Å². The molecule has 0 aliphatic rings. The fourth-order valence-electron chi connectivity index (χ4n) is 3.66. The molecule has 4 aromatic carbocycles. The van der Waals surface area contributed by atoms with Crippen LogP contribution in [0.2, 0.25) is 0 Å². The summed E-state index contributed by atoms with van der Waals surface area (Å²) in [7, 11) is 0. The highest BCUT2D eigenvalue weighted by molar-refractivity contribution is 6.22. The topological polar surface area (TPSA) is 34.1 Å². The van der Waals surface area contributed by atoms with Crippen molar-refractivity contribution in [2.45, 2.75) is 13.8 Å². The molecule has 4 aromatic rings. The van der Waals surface area contributed by atoms with Crippen molar-refractivity contribution in [3.05, 3.63) is 118 Å². The molecular formula is C26H18F2O2. The lowest BCUT2D eigenvalue weighted by Gasteiger charge is -2.15. The Balaban J connectivity index is 1.92. The predicted octanol–water partition coefficient (Wildman–Crippen LogP) is 6.20. The molecule has 0 saturated heterocycles. The number of carbonyl (C=O) groups is 2. The molecule has 0 fully saturated rings. The number of hydrogen-bond acceptors (Lipinski definition) is 2. The Morgan fingerprint density at radius 3 is 1.77 bits per heavy atom. The number of aryl methyl sites for hydroxylation is 1. The maximum absolute atomic E-state index is 13.3. The first-order valence-corrected chi connectivity index (χ1v) is 9.50. The Labute approximate surface area is 172 Å². The summed E-state index contributed by atoms with van der Waals surface area (Å²) in [6.07, 6.45) is 0. The van der Waals surface area contributed by atoms with Crippen molar-refractivity contribution in [3.8, 4) is 0 Å². The van der Waals surface area contributed by atoms with Crippen LogP contribution in [0.5, 0.6) is 0 Å². The zero-order valence-electron chi connectivity index (χ0n) is 16.5. The smallest absolute Gasteiger partial charge is 0.193 e. The van der Waals surface area contributed by atoms with Crippen LogP contribution >= 0.6 is 0 Å². The molecule has 148 valence electrons. The van der Waals surface area contributed by atoms with Crippen molar-refractivity contribution in [1.29, 1.82) is 0 Å². The molecule has 0 heterocycles. The van der Waals surface area contributed by atoms with Crippen LogP contribution in [0.1, 0.15) is 43.0 Å². The monoisotopic (exact) mass is 400 g/mol. The van der Waals surface area contributed by atoms with Crippen LogP contribution in [0.3, 0.4) is 0 Å². The Kier molecular flexibility index (Phi) is 5.00. The van der Waals surface area contributed by atoms with Crippen molar-refractivity contribution in [2.75, 3.05) is 0 Å². The molecule has 0 amide bonds. The maximum atomic E-state index is 13.3. The van der Waals surface area contributed by atoms with Gasteiger partial charge in [0.15, 0.2) is 11.6 Å². The second-order valence-corrected chi connectivity index (χ2v) is 7.27. The Bertz CT molecular complexity index is 1290. The average molecular weight is 400 g/mol. The third-order valence-corrected chi connectivity index (χ3v) is 5.39. The molecule has 0 aliphatic heterocycles. The van der Waals surface area contributed by atoms with E-state index in [2.05, 4.69) is 0 Å². The fraction of sp³-hybridized carbons (Fsp3) is 0.0769. The molecule has 0 spiro atoms. The van der Waals surface area contributed by atoms with Gasteiger partial charge in [0.1, 0.15) is 11.6 Å². The summed E-state index contributed by atoms with van der Waals surface area (Å²) in [6.45, 7) is 3.75. The van der Waals surface area contributed by atoms with E-state index in [4.69, 9.17) is 0 Å². The van der Waals surface area contributed by atoms with Crippen molar-refractivity contribution >= 4 is 22.3 Å². The minimum Gasteiger partial charge on any atom is -0.289 e. The Morgan fingerprint density at radius 1 is 0.667 bits per heavy atom. The minimum atomic E-state index is -0.414. The molecule has 30 heavy (non-hydrogen) atoms. The number of benzene rings is 4. The van der Waals surface area contributed by atoms with Crippen LogP contribution < -0.4 is 0 Å². The van der Waals surface area contributed by atoms with Gasteiger partial charge in [0.25, 0.3) is 0 Å². The van der Waals surface area contributed by atoms with Gasteiger partial charge in [-0.15, -0.1) is 0 Å². The van der Waals surface area contributed by atoms with E-state index in [-0.39, 0.29) is 11.6 Å². The van der Waals surface area contributed by atoms with Gasteiger partial charge in [0.2, 0.25) is 0 Å². The zero-order chi connectivity index (χ0) is 21.4. The normalized spacial score (nSPS) is 10.9. The second-order valence-electron chi connectivity index (χ2n) is 7.27. The average Bonchev–Trinajstić information content (AvgIpc) is 2.74. The molecule has 4 rings (SSSR count). The summed E-state index contributed by atoms with van der Waals surface area (Å²) in [5.41, 5.74) is 3.35. The van der Waals surface area contributed by atoms with Crippen LogP contribution in [0.25, 0.3) is 10.8 Å². The number of ketones is 2. The van der Waals surface area contributed by atoms with Crippen molar-refractivity contribution in [3.63, 3.8) is 0 Å². The summed E-state index contributed by atoms with van der Waals surface area (Å²) in [6, 6.07) is 17.9. The molecule has 0 N–H and O–H groups in total. The summed E-state index contributed by atoms with van der Waals surface area (Å²) in [5.74, 6) is -1.30. The van der Waals surface area contributed by atoms with E-state index in [1.165, 1.54) is 48.5 Å². The van der Waals surface area contributed by atoms with Gasteiger partial charge in [-0.1, -0.05) is 24.3 Å². The quantitative estimate of drug-likeness (QED) is 0.382. The molecule has 0 aromatic heterocycles. The zero-order valence-corrected chi connectivity index (χ0v) is 16.5. The molecule has 0 aliphatic carbocycles. The van der Waals surface area contributed by atoms with Crippen molar-refractivity contribution in [1.82, 2.24) is 0 Å². The summed E-state index contributed by atoms with van der Waals surface area (Å²) < 4.78 is 26.6. The lowest BCUT2D eigenvalue weighted by atomic mass is 9.87. The number of hydrogen-bond donors (Lipinski definition) is 0. The van der Waals surface area contributed by atoms with Crippen LogP contribution in [0, 0.1) is 25.5 Å². The lowest BCUT2D eigenvalue weighted by Crippen LogP contribution is -2.08.